The number of hydrogen-bond acceptors (Lipinski definition) is 3. The third kappa shape index (κ3) is 3.41. The van der Waals surface area contributed by atoms with Gasteiger partial charge in [-0.05, 0) is 39.0 Å². The highest BCUT2D eigenvalue weighted by molar-refractivity contribution is 5.99. The number of nitrogens with zero attached hydrogens (tertiary/aromatic N) is 2. The molecule has 0 unspecified atom stereocenters. The summed E-state index contributed by atoms with van der Waals surface area (Å²) in [5.41, 5.74) is 0.0236. The molecular formula is C16H24FN3O. The zero-order valence-electron chi connectivity index (χ0n) is 13.0. The van der Waals surface area contributed by atoms with E-state index in [2.05, 4.69) is 10.2 Å². The Kier molecular flexibility index (Phi) is 4.96. The van der Waals surface area contributed by atoms with E-state index in [0.29, 0.717) is 12.2 Å². The predicted octanol–water partition coefficient (Wildman–Crippen LogP) is 1.86. The van der Waals surface area contributed by atoms with Crippen molar-refractivity contribution < 1.29 is 9.18 Å². The average Bonchev–Trinajstić information content (AvgIpc) is 2.49. The summed E-state index contributed by atoms with van der Waals surface area (Å²) >= 11 is 0. The van der Waals surface area contributed by atoms with Crippen LogP contribution in [0.4, 0.5) is 10.1 Å². The molecule has 1 aliphatic heterocycles. The number of carbonyl (C=O) groups excluding carboxylic acids is 1. The summed E-state index contributed by atoms with van der Waals surface area (Å²) in [6, 6.07) is 6.22. The lowest BCUT2D eigenvalue weighted by molar-refractivity contribution is -0.129. The fourth-order valence-corrected chi connectivity index (χ4v) is 2.78. The Bertz CT molecular complexity index is 498. The molecule has 1 saturated heterocycles. The van der Waals surface area contributed by atoms with Crippen LogP contribution in [0.25, 0.3) is 0 Å². The molecule has 0 aromatic heterocycles. The van der Waals surface area contributed by atoms with Crippen molar-refractivity contribution in [3.8, 4) is 0 Å². The van der Waals surface area contributed by atoms with Crippen LogP contribution in [0.3, 0.4) is 0 Å². The SMILES string of the molecule is CCN(C(=O)C(C)(C)N1CCNCC1)c1cccc(F)c1. The average molecular weight is 293 g/mol. The van der Waals surface area contributed by atoms with Gasteiger partial charge in [0.1, 0.15) is 5.82 Å². The van der Waals surface area contributed by atoms with Crippen LogP contribution in [0, 0.1) is 5.82 Å². The van der Waals surface area contributed by atoms with E-state index in [4.69, 9.17) is 0 Å². The Morgan fingerprint density at radius 2 is 2.05 bits per heavy atom. The van der Waals surface area contributed by atoms with Gasteiger partial charge in [-0.25, -0.2) is 4.39 Å². The van der Waals surface area contributed by atoms with Crippen LogP contribution < -0.4 is 10.2 Å². The van der Waals surface area contributed by atoms with Crippen molar-refractivity contribution >= 4 is 11.6 Å². The molecule has 116 valence electrons. The summed E-state index contributed by atoms with van der Waals surface area (Å²) in [6.07, 6.45) is 0. The first-order valence-corrected chi connectivity index (χ1v) is 7.50. The van der Waals surface area contributed by atoms with Gasteiger partial charge in [0.25, 0.3) is 0 Å². The quantitative estimate of drug-likeness (QED) is 0.920. The summed E-state index contributed by atoms with van der Waals surface area (Å²) < 4.78 is 13.4. The third-order valence-electron chi connectivity index (χ3n) is 4.11. The minimum atomic E-state index is -0.593. The Hall–Kier alpha value is -1.46. The maximum Gasteiger partial charge on any atom is 0.246 e. The van der Waals surface area contributed by atoms with Gasteiger partial charge in [-0.1, -0.05) is 6.07 Å². The summed E-state index contributed by atoms with van der Waals surface area (Å²) in [4.78, 5) is 16.8. The Labute approximate surface area is 125 Å². The molecule has 5 heteroatoms. The number of piperazine rings is 1. The van der Waals surface area contributed by atoms with Crippen molar-refractivity contribution in [1.29, 1.82) is 0 Å². The molecule has 4 nitrogen and oxygen atoms in total. The Morgan fingerprint density at radius 3 is 2.62 bits per heavy atom. The van der Waals surface area contributed by atoms with Crippen molar-refractivity contribution in [3.05, 3.63) is 30.1 Å². The highest BCUT2D eigenvalue weighted by Crippen LogP contribution is 2.23. The Balaban J connectivity index is 2.22. The maximum absolute atomic E-state index is 13.4. The standard InChI is InChI=1S/C16H24FN3O/c1-4-20(14-7-5-6-13(17)12-14)15(21)16(2,3)19-10-8-18-9-11-19/h5-7,12,18H,4,8-11H2,1-3H3. The number of amides is 1. The van der Waals surface area contributed by atoms with Gasteiger partial charge in [-0.15, -0.1) is 0 Å². The maximum atomic E-state index is 13.4. The lowest BCUT2D eigenvalue weighted by atomic mass is 9.99. The summed E-state index contributed by atoms with van der Waals surface area (Å²) in [6.45, 7) is 9.81. The van der Waals surface area contributed by atoms with E-state index in [1.165, 1.54) is 12.1 Å². The van der Waals surface area contributed by atoms with E-state index in [0.717, 1.165) is 26.2 Å². The number of halogens is 1. The van der Waals surface area contributed by atoms with Crippen molar-refractivity contribution in [2.24, 2.45) is 0 Å². The van der Waals surface area contributed by atoms with Gasteiger partial charge < -0.3 is 10.2 Å². The van der Waals surface area contributed by atoms with Gasteiger partial charge in [-0.3, -0.25) is 9.69 Å². The number of likely N-dealkylation sites (N-methyl/N-ethyl adjacent to an activating group) is 1. The molecule has 0 atom stereocenters. The lowest BCUT2D eigenvalue weighted by Gasteiger charge is -2.42. The van der Waals surface area contributed by atoms with Crippen LogP contribution in [0.15, 0.2) is 24.3 Å². The van der Waals surface area contributed by atoms with E-state index < -0.39 is 5.54 Å². The van der Waals surface area contributed by atoms with Crippen LogP contribution in [0.1, 0.15) is 20.8 Å². The molecule has 1 fully saturated rings. The van der Waals surface area contributed by atoms with Gasteiger partial charge >= 0.3 is 0 Å². The fourth-order valence-electron chi connectivity index (χ4n) is 2.78. The molecule has 1 aromatic carbocycles. The second-order valence-corrected chi connectivity index (χ2v) is 5.83. The monoisotopic (exact) mass is 293 g/mol. The van der Waals surface area contributed by atoms with Crippen molar-refractivity contribution in [3.63, 3.8) is 0 Å². The largest absolute Gasteiger partial charge is 0.314 e. The van der Waals surface area contributed by atoms with E-state index in [9.17, 15) is 9.18 Å². The first kappa shape index (κ1) is 15.9. The number of anilines is 1. The topological polar surface area (TPSA) is 35.6 Å². The molecule has 1 aromatic rings. The molecule has 21 heavy (non-hydrogen) atoms. The second-order valence-electron chi connectivity index (χ2n) is 5.83. The molecule has 1 amide bonds. The van der Waals surface area contributed by atoms with Crippen LogP contribution >= 0.6 is 0 Å². The van der Waals surface area contributed by atoms with E-state index in [-0.39, 0.29) is 11.7 Å². The van der Waals surface area contributed by atoms with Gasteiger partial charge in [0.15, 0.2) is 0 Å². The Morgan fingerprint density at radius 1 is 1.38 bits per heavy atom. The zero-order chi connectivity index (χ0) is 15.5. The number of benzene rings is 1. The summed E-state index contributed by atoms with van der Waals surface area (Å²) in [5, 5.41) is 3.29. The predicted molar refractivity (Wildman–Crippen MR) is 82.9 cm³/mol. The van der Waals surface area contributed by atoms with Crippen LogP contribution in [-0.2, 0) is 4.79 Å². The van der Waals surface area contributed by atoms with Gasteiger partial charge in [-0.2, -0.15) is 0 Å². The van der Waals surface area contributed by atoms with Gasteiger partial charge in [0, 0.05) is 38.4 Å². The van der Waals surface area contributed by atoms with Crippen molar-refractivity contribution in [1.82, 2.24) is 10.2 Å². The molecular weight excluding hydrogens is 269 g/mol. The molecule has 2 rings (SSSR count). The van der Waals surface area contributed by atoms with Gasteiger partial charge in [0.05, 0.1) is 5.54 Å². The first-order valence-electron chi connectivity index (χ1n) is 7.50. The van der Waals surface area contributed by atoms with Crippen LogP contribution in [0.5, 0.6) is 0 Å². The van der Waals surface area contributed by atoms with Crippen LogP contribution in [-0.4, -0.2) is 49.1 Å². The third-order valence-corrected chi connectivity index (χ3v) is 4.11. The number of nitrogens with one attached hydrogen (secondary N) is 1. The molecule has 0 aliphatic carbocycles. The molecule has 0 bridgehead atoms. The lowest BCUT2D eigenvalue weighted by Crippen LogP contribution is -2.60. The minimum absolute atomic E-state index is 0.0116. The second kappa shape index (κ2) is 6.54. The highest BCUT2D eigenvalue weighted by atomic mass is 19.1. The van der Waals surface area contributed by atoms with E-state index in [1.54, 1.807) is 17.0 Å². The normalized spacial score (nSPS) is 16.8. The molecule has 0 spiro atoms. The summed E-state index contributed by atoms with van der Waals surface area (Å²) in [5.74, 6) is -0.309. The molecule has 1 N–H and O–H groups in total. The summed E-state index contributed by atoms with van der Waals surface area (Å²) in [7, 11) is 0. The van der Waals surface area contributed by atoms with E-state index in [1.807, 2.05) is 20.8 Å². The number of hydrogen-bond donors (Lipinski definition) is 1. The van der Waals surface area contributed by atoms with Gasteiger partial charge in [0.2, 0.25) is 5.91 Å². The zero-order valence-corrected chi connectivity index (χ0v) is 13.0. The minimum Gasteiger partial charge on any atom is -0.314 e. The number of carbonyl (C=O) groups is 1. The van der Waals surface area contributed by atoms with Crippen molar-refractivity contribution in [2.75, 3.05) is 37.6 Å². The van der Waals surface area contributed by atoms with Crippen molar-refractivity contribution in [2.45, 2.75) is 26.3 Å². The first-order chi connectivity index (χ1) is 9.96. The smallest absolute Gasteiger partial charge is 0.246 e. The molecule has 1 heterocycles. The number of rotatable bonds is 4. The molecule has 0 saturated carbocycles. The van der Waals surface area contributed by atoms with Crippen LogP contribution in [0.2, 0.25) is 0 Å². The highest BCUT2D eigenvalue weighted by Gasteiger charge is 2.38. The van der Waals surface area contributed by atoms with E-state index >= 15 is 0 Å². The fraction of sp³-hybridized carbons (Fsp3) is 0.562. The molecule has 1 aliphatic rings. The molecule has 0 radical (unpaired) electrons.